The number of benzene rings is 2. The zero-order chi connectivity index (χ0) is 19.4. The van der Waals surface area contributed by atoms with Gasteiger partial charge in [0.2, 0.25) is 5.91 Å². The molecule has 0 saturated carbocycles. The third-order valence-corrected chi connectivity index (χ3v) is 5.16. The SMILES string of the molecule is Cc1cc(C(=O)N2CCCCC2C)ccc1NC(=O)Cc1ccc(N)cc1.Cl. The van der Waals surface area contributed by atoms with E-state index in [-0.39, 0.29) is 36.7 Å². The first-order valence-electron chi connectivity index (χ1n) is 9.50. The molecule has 3 rings (SSSR count). The Bertz CT molecular complexity index is 836. The number of likely N-dealkylation sites (tertiary alicyclic amines) is 1. The number of hydrogen-bond donors (Lipinski definition) is 2. The second-order valence-electron chi connectivity index (χ2n) is 7.34. The number of nitrogen functional groups attached to an aromatic ring is 1. The lowest BCUT2D eigenvalue weighted by Gasteiger charge is -2.33. The molecule has 1 atom stereocenters. The molecule has 28 heavy (non-hydrogen) atoms. The highest BCUT2D eigenvalue weighted by atomic mass is 35.5. The molecular formula is C22H28ClN3O2. The molecule has 1 saturated heterocycles. The van der Waals surface area contributed by atoms with Gasteiger partial charge in [0, 0.05) is 29.5 Å². The van der Waals surface area contributed by atoms with E-state index in [0.29, 0.717) is 11.3 Å². The number of nitrogens with two attached hydrogens (primary N) is 1. The Morgan fingerprint density at radius 3 is 2.50 bits per heavy atom. The molecule has 2 amide bonds. The average molecular weight is 402 g/mol. The van der Waals surface area contributed by atoms with Crippen molar-refractivity contribution in [1.29, 1.82) is 0 Å². The van der Waals surface area contributed by atoms with E-state index in [0.717, 1.165) is 36.2 Å². The Morgan fingerprint density at radius 1 is 1.14 bits per heavy atom. The van der Waals surface area contributed by atoms with Gasteiger partial charge < -0.3 is 16.0 Å². The summed E-state index contributed by atoms with van der Waals surface area (Å²) in [5.74, 6) is -0.0170. The van der Waals surface area contributed by atoms with Crippen molar-refractivity contribution in [3.8, 4) is 0 Å². The zero-order valence-electron chi connectivity index (χ0n) is 16.4. The van der Waals surface area contributed by atoms with Gasteiger partial charge in [0.15, 0.2) is 0 Å². The van der Waals surface area contributed by atoms with Gasteiger partial charge in [-0.3, -0.25) is 9.59 Å². The maximum Gasteiger partial charge on any atom is 0.254 e. The van der Waals surface area contributed by atoms with E-state index in [2.05, 4.69) is 12.2 Å². The lowest BCUT2D eigenvalue weighted by atomic mass is 10.0. The first-order valence-corrected chi connectivity index (χ1v) is 9.50. The Morgan fingerprint density at radius 2 is 1.86 bits per heavy atom. The van der Waals surface area contributed by atoms with Crippen molar-refractivity contribution in [2.45, 2.75) is 45.6 Å². The first kappa shape index (κ1) is 21.8. The summed E-state index contributed by atoms with van der Waals surface area (Å²) in [5.41, 5.74) is 9.56. The van der Waals surface area contributed by atoms with Crippen LogP contribution in [0.1, 0.15) is 47.7 Å². The predicted molar refractivity (Wildman–Crippen MR) is 116 cm³/mol. The van der Waals surface area contributed by atoms with Crippen LogP contribution < -0.4 is 11.1 Å². The maximum absolute atomic E-state index is 12.8. The monoisotopic (exact) mass is 401 g/mol. The van der Waals surface area contributed by atoms with Gasteiger partial charge in [0.25, 0.3) is 5.91 Å². The zero-order valence-corrected chi connectivity index (χ0v) is 17.2. The Labute approximate surface area is 172 Å². The molecule has 0 aliphatic carbocycles. The molecule has 0 radical (unpaired) electrons. The molecule has 1 aliphatic rings. The number of piperidine rings is 1. The lowest BCUT2D eigenvalue weighted by Crippen LogP contribution is -2.42. The van der Waals surface area contributed by atoms with Crippen molar-refractivity contribution in [2.75, 3.05) is 17.6 Å². The smallest absolute Gasteiger partial charge is 0.254 e. The van der Waals surface area contributed by atoms with Crippen molar-refractivity contribution >= 4 is 35.6 Å². The number of halogens is 1. The van der Waals surface area contributed by atoms with Gasteiger partial charge in [-0.25, -0.2) is 0 Å². The third kappa shape index (κ3) is 5.26. The largest absolute Gasteiger partial charge is 0.399 e. The molecule has 0 spiro atoms. The van der Waals surface area contributed by atoms with Crippen molar-refractivity contribution in [3.05, 3.63) is 59.2 Å². The number of carbonyl (C=O) groups excluding carboxylic acids is 2. The standard InChI is InChI=1S/C22H27N3O2.ClH/c1-15-13-18(22(27)25-12-4-3-5-16(25)2)8-11-20(15)24-21(26)14-17-6-9-19(23)10-7-17;/h6-11,13,16H,3-5,12,14,23H2,1-2H3,(H,24,26);1H. The van der Waals surface area contributed by atoms with Crippen molar-refractivity contribution < 1.29 is 9.59 Å². The fraction of sp³-hybridized carbons (Fsp3) is 0.364. The quantitative estimate of drug-likeness (QED) is 0.754. The normalized spacial score (nSPS) is 16.2. The molecule has 1 heterocycles. The molecule has 5 nitrogen and oxygen atoms in total. The van der Waals surface area contributed by atoms with Crippen molar-refractivity contribution in [1.82, 2.24) is 4.90 Å². The lowest BCUT2D eigenvalue weighted by molar-refractivity contribution is -0.115. The summed E-state index contributed by atoms with van der Waals surface area (Å²) in [5, 5.41) is 2.93. The van der Waals surface area contributed by atoms with E-state index >= 15 is 0 Å². The number of nitrogens with zero attached hydrogens (tertiary/aromatic N) is 1. The van der Waals surface area contributed by atoms with Gasteiger partial charge in [-0.1, -0.05) is 12.1 Å². The predicted octanol–water partition coefficient (Wildman–Crippen LogP) is 4.19. The van der Waals surface area contributed by atoms with E-state index in [1.165, 1.54) is 6.42 Å². The van der Waals surface area contributed by atoms with Crippen LogP contribution >= 0.6 is 12.4 Å². The van der Waals surface area contributed by atoms with E-state index in [4.69, 9.17) is 5.73 Å². The van der Waals surface area contributed by atoms with Gasteiger partial charge in [-0.2, -0.15) is 0 Å². The molecule has 3 N–H and O–H groups in total. The minimum atomic E-state index is -0.0911. The number of carbonyl (C=O) groups is 2. The summed E-state index contributed by atoms with van der Waals surface area (Å²) in [6.45, 7) is 4.84. The Kier molecular flexibility index (Phi) is 7.46. The molecule has 0 bridgehead atoms. The van der Waals surface area contributed by atoms with Crippen LogP contribution in [0.4, 0.5) is 11.4 Å². The number of anilines is 2. The molecule has 1 unspecified atom stereocenters. The van der Waals surface area contributed by atoms with Crippen LogP contribution in [0.15, 0.2) is 42.5 Å². The second kappa shape index (κ2) is 9.60. The van der Waals surface area contributed by atoms with E-state index in [1.54, 1.807) is 18.2 Å². The number of amides is 2. The van der Waals surface area contributed by atoms with Crippen molar-refractivity contribution in [3.63, 3.8) is 0 Å². The molecule has 1 fully saturated rings. The summed E-state index contributed by atoms with van der Waals surface area (Å²) in [6, 6.07) is 13.0. The van der Waals surface area contributed by atoms with Crippen LogP contribution in [-0.4, -0.2) is 29.3 Å². The minimum Gasteiger partial charge on any atom is -0.399 e. The number of rotatable bonds is 4. The highest BCUT2D eigenvalue weighted by Crippen LogP contribution is 2.22. The fourth-order valence-corrected chi connectivity index (χ4v) is 3.52. The van der Waals surface area contributed by atoms with Crippen LogP contribution in [0.5, 0.6) is 0 Å². The van der Waals surface area contributed by atoms with Crippen LogP contribution in [0, 0.1) is 6.92 Å². The summed E-state index contributed by atoms with van der Waals surface area (Å²) in [7, 11) is 0. The third-order valence-electron chi connectivity index (χ3n) is 5.16. The van der Waals surface area contributed by atoms with Gasteiger partial charge in [0.1, 0.15) is 0 Å². The molecular weight excluding hydrogens is 374 g/mol. The van der Waals surface area contributed by atoms with E-state index in [9.17, 15) is 9.59 Å². The molecule has 6 heteroatoms. The Hall–Kier alpha value is -2.53. The van der Waals surface area contributed by atoms with E-state index < -0.39 is 0 Å². The van der Waals surface area contributed by atoms with Gasteiger partial charge in [-0.05, 0) is 74.6 Å². The molecule has 0 aromatic heterocycles. The van der Waals surface area contributed by atoms with Gasteiger partial charge in [-0.15, -0.1) is 12.4 Å². The molecule has 1 aliphatic heterocycles. The summed E-state index contributed by atoms with van der Waals surface area (Å²) < 4.78 is 0. The highest BCUT2D eigenvalue weighted by Gasteiger charge is 2.24. The van der Waals surface area contributed by atoms with E-state index in [1.807, 2.05) is 36.1 Å². The van der Waals surface area contributed by atoms with Crippen LogP contribution in [0.2, 0.25) is 0 Å². The molecule has 2 aromatic rings. The Balaban J connectivity index is 0.00000280. The second-order valence-corrected chi connectivity index (χ2v) is 7.34. The number of nitrogens with one attached hydrogen (secondary N) is 1. The fourth-order valence-electron chi connectivity index (χ4n) is 3.52. The van der Waals surface area contributed by atoms with Gasteiger partial charge in [0.05, 0.1) is 6.42 Å². The maximum atomic E-state index is 12.8. The first-order chi connectivity index (χ1) is 12.9. The topological polar surface area (TPSA) is 75.4 Å². The van der Waals surface area contributed by atoms with Gasteiger partial charge >= 0.3 is 0 Å². The summed E-state index contributed by atoms with van der Waals surface area (Å²) >= 11 is 0. The van der Waals surface area contributed by atoms with Crippen LogP contribution in [-0.2, 0) is 11.2 Å². The van der Waals surface area contributed by atoms with Crippen molar-refractivity contribution in [2.24, 2.45) is 0 Å². The molecule has 2 aromatic carbocycles. The summed E-state index contributed by atoms with van der Waals surface area (Å²) in [6.07, 6.45) is 3.59. The van der Waals surface area contributed by atoms with Crippen LogP contribution in [0.25, 0.3) is 0 Å². The average Bonchev–Trinajstić information content (AvgIpc) is 2.65. The highest BCUT2D eigenvalue weighted by molar-refractivity contribution is 5.97. The minimum absolute atomic E-state index is 0. The number of aryl methyl sites for hydroxylation is 1. The number of hydrogen-bond acceptors (Lipinski definition) is 3. The molecule has 150 valence electrons. The summed E-state index contributed by atoms with van der Waals surface area (Å²) in [4.78, 5) is 27.1. The van der Waals surface area contributed by atoms with Crippen LogP contribution in [0.3, 0.4) is 0 Å².